The first-order valence-electron chi connectivity index (χ1n) is 5.01. The van der Waals surface area contributed by atoms with Gasteiger partial charge < -0.3 is 10.1 Å². The van der Waals surface area contributed by atoms with Crippen LogP contribution < -0.4 is 10.1 Å². The SMILES string of the molecule is CCCOc1ccc(C)nc1CNC. The Morgan fingerprint density at radius 1 is 1.43 bits per heavy atom. The molecule has 3 nitrogen and oxygen atoms in total. The average molecular weight is 194 g/mol. The van der Waals surface area contributed by atoms with Crippen molar-refractivity contribution in [3.63, 3.8) is 0 Å². The van der Waals surface area contributed by atoms with E-state index in [0.29, 0.717) is 0 Å². The minimum Gasteiger partial charge on any atom is -0.492 e. The summed E-state index contributed by atoms with van der Waals surface area (Å²) in [7, 11) is 1.91. The third kappa shape index (κ3) is 3.00. The first-order valence-corrected chi connectivity index (χ1v) is 5.01. The highest BCUT2D eigenvalue weighted by Gasteiger charge is 2.04. The van der Waals surface area contributed by atoms with E-state index < -0.39 is 0 Å². The molecule has 0 aliphatic heterocycles. The quantitative estimate of drug-likeness (QED) is 0.777. The van der Waals surface area contributed by atoms with Crippen molar-refractivity contribution >= 4 is 0 Å². The molecule has 0 amide bonds. The van der Waals surface area contributed by atoms with E-state index in [1.807, 2.05) is 26.1 Å². The normalized spacial score (nSPS) is 10.2. The maximum Gasteiger partial charge on any atom is 0.142 e. The molecule has 0 aliphatic rings. The smallest absolute Gasteiger partial charge is 0.142 e. The molecule has 3 heteroatoms. The summed E-state index contributed by atoms with van der Waals surface area (Å²) in [6.07, 6.45) is 1.02. The molecule has 0 saturated heterocycles. The molecule has 78 valence electrons. The number of aromatic nitrogens is 1. The van der Waals surface area contributed by atoms with Gasteiger partial charge in [-0.15, -0.1) is 0 Å². The number of aryl methyl sites for hydroxylation is 1. The van der Waals surface area contributed by atoms with Crippen molar-refractivity contribution in [2.24, 2.45) is 0 Å². The van der Waals surface area contributed by atoms with E-state index in [0.717, 1.165) is 36.7 Å². The molecule has 0 radical (unpaired) electrons. The highest BCUT2D eigenvalue weighted by molar-refractivity contribution is 5.29. The van der Waals surface area contributed by atoms with Gasteiger partial charge in [0.05, 0.1) is 12.3 Å². The molecule has 1 aromatic heterocycles. The van der Waals surface area contributed by atoms with Crippen molar-refractivity contribution in [3.8, 4) is 5.75 Å². The van der Waals surface area contributed by atoms with Gasteiger partial charge in [-0.25, -0.2) is 0 Å². The second kappa shape index (κ2) is 5.60. The first kappa shape index (κ1) is 11.0. The Bertz CT molecular complexity index is 287. The molecular formula is C11H18N2O. The standard InChI is InChI=1S/C11H18N2O/c1-4-7-14-11-6-5-9(2)13-10(11)8-12-3/h5-6,12H,4,7-8H2,1-3H3. The van der Waals surface area contributed by atoms with Gasteiger partial charge in [0.2, 0.25) is 0 Å². The van der Waals surface area contributed by atoms with Crippen molar-refractivity contribution in [2.75, 3.05) is 13.7 Å². The van der Waals surface area contributed by atoms with Gasteiger partial charge in [-0.1, -0.05) is 6.92 Å². The Labute approximate surface area is 85.5 Å². The van der Waals surface area contributed by atoms with Crippen LogP contribution >= 0.6 is 0 Å². The molecule has 0 fully saturated rings. The predicted molar refractivity (Wildman–Crippen MR) is 57.5 cm³/mol. The van der Waals surface area contributed by atoms with Gasteiger partial charge in [-0.2, -0.15) is 0 Å². The summed E-state index contributed by atoms with van der Waals surface area (Å²) < 4.78 is 5.59. The topological polar surface area (TPSA) is 34.1 Å². The maximum atomic E-state index is 5.59. The third-order valence-corrected chi connectivity index (χ3v) is 1.88. The van der Waals surface area contributed by atoms with Crippen molar-refractivity contribution in [1.29, 1.82) is 0 Å². The molecule has 0 aromatic carbocycles. The van der Waals surface area contributed by atoms with E-state index >= 15 is 0 Å². The molecular weight excluding hydrogens is 176 g/mol. The highest BCUT2D eigenvalue weighted by Crippen LogP contribution is 2.16. The number of nitrogens with one attached hydrogen (secondary N) is 1. The highest BCUT2D eigenvalue weighted by atomic mass is 16.5. The van der Waals surface area contributed by atoms with Crippen LogP contribution in [0.5, 0.6) is 5.75 Å². The molecule has 1 N–H and O–H groups in total. The minimum atomic E-state index is 0.751. The van der Waals surface area contributed by atoms with Gasteiger partial charge in [-0.05, 0) is 32.5 Å². The number of hydrogen-bond donors (Lipinski definition) is 1. The van der Waals surface area contributed by atoms with Crippen LogP contribution in [0.2, 0.25) is 0 Å². The van der Waals surface area contributed by atoms with E-state index in [-0.39, 0.29) is 0 Å². The summed E-state index contributed by atoms with van der Waals surface area (Å²) in [6, 6.07) is 3.97. The second-order valence-corrected chi connectivity index (χ2v) is 3.28. The number of pyridine rings is 1. The van der Waals surface area contributed by atoms with Crippen LogP contribution in [0, 0.1) is 6.92 Å². The predicted octanol–water partition coefficient (Wildman–Crippen LogP) is 1.90. The number of nitrogens with zero attached hydrogens (tertiary/aromatic N) is 1. The summed E-state index contributed by atoms with van der Waals surface area (Å²) in [5.74, 6) is 0.895. The van der Waals surface area contributed by atoms with Gasteiger partial charge in [-0.3, -0.25) is 4.98 Å². The van der Waals surface area contributed by atoms with Crippen molar-refractivity contribution in [2.45, 2.75) is 26.8 Å². The fourth-order valence-corrected chi connectivity index (χ4v) is 1.24. The Balaban J connectivity index is 2.78. The number of ether oxygens (including phenoxy) is 1. The lowest BCUT2D eigenvalue weighted by molar-refractivity contribution is 0.311. The van der Waals surface area contributed by atoms with Crippen LogP contribution in [0.25, 0.3) is 0 Å². The fraction of sp³-hybridized carbons (Fsp3) is 0.545. The number of rotatable bonds is 5. The van der Waals surface area contributed by atoms with E-state index in [2.05, 4.69) is 17.2 Å². The lowest BCUT2D eigenvalue weighted by atomic mass is 10.3. The zero-order valence-corrected chi connectivity index (χ0v) is 9.13. The largest absolute Gasteiger partial charge is 0.492 e. The van der Waals surface area contributed by atoms with Gasteiger partial charge >= 0.3 is 0 Å². The molecule has 0 spiro atoms. The first-order chi connectivity index (χ1) is 6.77. The molecule has 0 saturated carbocycles. The monoisotopic (exact) mass is 194 g/mol. The van der Waals surface area contributed by atoms with Gasteiger partial charge in [0, 0.05) is 12.2 Å². The average Bonchev–Trinajstić information content (AvgIpc) is 2.17. The van der Waals surface area contributed by atoms with Crippen LogP contribution in [-0.2, 0) is 6.54 Å². The lowest BCUT2D eigenvalue weighted by Gasteiger charge is -2.10. The minimum absolute atomic E-state index is 0.751. The van der Waals surface area contributed by atoms with Crippen LogP contribution in [0.4, 0.5) is 0 Å². The fourth-order valence-electron chi connectivity index (χ4n) is 1.24. The second-order valence-electron chi connectivity index (χ2n) is 3.28. The van der Waals surface area contributed by atoms with Crippen LogP contribution in [0.15, 0.2) is 12.1 Å². The summed E-state index contributed by atoms with van der Waals surface area (Å²) in [5.41, 5.74) is 2.01. The molecule has 0 atom stereocenters. The molecule has 1 rings (SSSR count). The zero-order valence-electron chi connectivity index (χ0n) is 9.13. The van der Waals surface area contributed by atoms with Crippen LogP contribution in [0.1, 0.15) is 24.7 Å². The number of hydrogen-bond acceptors (Lipinski definition) is 3. The Kier molecular flexibility index (Phi) is 4.40. The molecule has 14 heavy (non-hydrogen) atoms. The zero-order chi connectivity index (χ0) is 10.4. The van der Waals surface area contributed by atoms with Crippen LogP contribution in [0.3, 0.4) is 0 Å². The third-order valence-electron chi connectivity index (χ3n) is 1.88. The Morgan fingerprint density at radius 2 is 2.21 bits per heavy atom. The summed E-state index contributed by atoms with van der Waals surface area (Å²) in [4.78, 5) is 4.43. The molecule has 1 aromatic rings. The van der Waals surface area contributed by atoms with Gasteiger partial charge in [0.15, 0.2) is 0 Å². The van der Waals surface area contributed by atoms with E-state index in [1.54, 1.807) is 0 Å². The van der Waals surface area contributed by atoms with Crippen molar-refractivity contribution in [3.05, 3.63) is 23.5 Å². The summed E-state index contributed by atoms with van der Waals surface area (Å²) in [6.45, 7) is 5.59. The molecule has 1 heterocycles. The molecule has 0 bridgehead atoms. The summed E-state index contributed by atoms with van der Waals surface area (Å²) in [5, 5.41) is 3.09. The van der Waals surface area contributed by atoms with E-state index in [9.17, 15) is 0 Å². The van der Waals surface area contributed by atoms with Crippen molar-refractivity contribution in [1.82, 2.24) is 10.3 Å². The maximum absolute atomic E-state index is 5.59. The van der Waals surface area contributed by atoms with E-state index in [4.69, 9.17) is 4.74 Å². The Hall–Kier alpha value is -1.09. The van der Waals surface area contributed by atoms with Crippen molar-refractivity contribution < 1.29 is 4.74 Å². The van der Waals surface area contributed by atoms with E-state index in [1.165, 1.54) is 0 Å². The summed E-state index contributed by atoms with van der Waals surface area (Å²) >= 11 is 0. The molecule has 0 aliphatic carbocycles. The van der Waals surface area contributed by atoms with Gasteiger partial charge in [0.25, 0.3) is 0 Å². The Morgan fingerprint density at radius 3 is 2.86 bits per heavy atom. The lowest BCUT2D eigenvalue weighted by Crippen LogP contribution is -2.10. The van der Waals surface area contributed by atoms with Gasteiger partial charge in [0.1, 0.15) is 5.75 Å². The molecule has 0 unspecified atom stereocenters. The van der Waals surface area contributed by atoms with Crippen LogP contribution in [-0.4, -0.2) is 18.6 Å².